The molecule has 31 heavy (non-hydrogen) atoms. The van der Waals surface area contributed by atoms with Crippen LogP contribution >= 0.6 is 0 Å². The maximum absolute atomic E-state index is 13.0. The second-order valence-corrected chi connectivity index (χ2v) is 7.82. The Kier molecular flexibility index (Phi) is 3.32. The molecule has 5 aromatic rings. The number of nitrogens with one attached hydrogen (secondary N) is 1. The molecule has 0 saturated heterocycles. The number of rotatable bonds is 2. The van der Waals surface area contributed by atoms with E-state index in [1.165, 1.54) is 0 Å². The molecule has 1 aliphatic rings. The molecule has 0 bridgehead atoms. The minimum Gasteiger partial charge on any atom is -0.508 e. The molecular formula is C24H16N4O3. The van der Waals surface area contributed by atoms with Crippen LogP contribution in [-0.2, 0) is 13.6 Å². The predicted molar refractivity (Wildman–Crippen MR) is 117 cm³/mol. The van der Waals surface area contributed by atoms with Crippen molar-refractivity contribution in [3.05, 3.63) is 53.6 Å². The van der Waals surface area contributed by atoms with Gasteiger partial charge >= 0.3 is 0 Å². The largest absolute Gasteiger partial charge is 0.508 e. The molecule has 0 radical (unpaired) electrons. The maximum atomic E-state index is 13.0. The fourth-order valence-electron chi connectivity index (χ4n) is 5.09. The summed E-state index contributed by atoms with van der Waals surface area (Å²) in [6.45, 7) is 0.455. The lowest BCUT2D eigenvalue weighted by Crippen LogP contribution is -2.20. The highest BCUT2D eigenvalue weighted by Gasteiger charge is 2.36. The molecule has 0 aliphatic carbocycles. The Morgan fingerprint density at radius 2 is 1.68 bits per heavy atom. The van der Waals surface area contributed by atoms with Crippen molar-refractivity contribution in [2.45, 2.75) is 13.0 Å². The van der Waals surface area contributed by atoms with Crippen LogP contribution in [-0.4, -0.2) is 26.1 Å². The van der Waals surface area contributed by atoms with Gasteiger partial charge in [0.05, 0.1) is 34.7 Å². The van der Waals surface area contributed by atoms with E-state index in [4.69, 9.17) is 0 Å². The first-order valence-corrected chi connectivity index (χ1v) is 9.93. The van der Waals surface area contributed by atoms with Gasteiger partial charge in [-0.25, -0.2) is 0 Å². The third-order valence-corrected chi connectivity index (χ3v) is 6.26. The van der Waals surface area contributed by atoms with Gasteiger partial charge in [0.2, 0.25) is 0 Å². The van der Waals surface area contributed by atoms with Crippen LogP contribution in [0.5, 0.6) is 5.75 Å². The fraction of sp³-hybridized carbons (Fsp3) is 0.125. The van der Waals surface area contributed by atoms with E-state index < -0.39 is 11.8 Å². The van der Waals surface area contributed by atoms with E-state index >= 15 is 0 Å². The summed E-state index contributed by atoms with van der Waals surface area (Å²) in [5, 5.41) is 24.8. The van der Waals surface area contributed by atoms with E-state index in [2.05, 4.69) is 16.0 Å². The minimum atomic E-state index is -0.434. The number of phenolic OH excluding ortho intramolecular Hbond substituents is 1. The standard InChI is InChI=1S/C24H16N4O3/c1-27-15-8-7-12(29)11-14(15)18-20-19(23(30)26-24(20)31)17-13-5-2-3-6-16(13)28(10-4-9-25)22(17)21(18)27/h2-3,5-8,11,29H,4,10H2,1H3,(H,26,30,31). The first-order chi connectivity index (χ1) is 15.0. The van der Waals surface area contributed by atoms with Crippen molar-refractivity contribution in [1.29, 1.82) is 5.26 Å². The third-order valence-electron chi connectivity index (χ3n) is 6.26. The van der Waals surface area contributed by atoms with Crippen LogP contribution in [0.4, 0.5) is 0 Å². The summed E-state index contributed by atoms with van der Waals surface area (Å²) in [5.41, 5.74) is 4.05. The first-order valence-electron chi connectivity index (χ1n) is 9.93. The second-order valence-electron chi connectivity index (χ2n) is 7.82. The molecule has 0 atom stereocenters. The number of nitriles is 1. The van der Waals surface area contributed by atoms with Crippen molar-refractivity contribution in [1.82, 2.24) is 14.5 Å². The number of para-hydroxylation sites is 1. The summed E-state index contributed by atoms with van der Waals surface area (Å²) in [7, 11) is 1.91. The zero-order valence-electron chi connectivity index (χ0n) is 16.6. The van der Waals surface area contributed by atoms with Crippen molar-refractivity contribution >= 4 is 55.4 Å². The predicted octanol–water partition coefficient (Wildman–Crippen LogP) is 3.94. The van der Waals surface area contributed by atoms with Crippen LogP contribution < -0.4 is 5.32 Å². The van der Waals surface area contributed by atoms with Gasteiger partial charge in [-0.3, -0.25) is 14.9 Å². The van der Waals surface area contributed by atoms with Crippen LogP contribution in [0.3, 0.4) is 0 Å². The first kappa shape index (κ1) is 17.5. The molecule has 1 aliphatic heterocycles. The van der Waals surface area contributed by atoms with Crippen molar-refractivity contribution < 1.29 is 14.7 Å². The molecule has 7 heteroatoms. The number of fused-ring (bicyclic) bond motifs is 10. The van der Waals surface area contributed by atoms with Crippen molar-refractivity contribution in [2.75, 3.05) is 0 Å². The van der Waals surface area contributed by atoms with Gasteiger partial charge < -0.3 is 14.2 Å². The van der Waals surface area contributed by atoms with E-state index in [9.17, 15) is 20.0 Å². The Balaban J connectivity index is 2.01. The number of imide groups is 1. The van der Waals surface area contributed by atoms with Crippen LogP contribution in [0.2, 0.25) is 0 Å². The molecule has 0 saturated carbocycles. The molecule has 6 rings (SSSR count). The van der Waals surface area contributed by atoms with Gasteiger partial charge in [-0.15, -0.1) is 0 Å². The van der Waals surface area contributed by atoms with Gasteiger partial charge in [0.1, 0.15) is 5.75 Å². The van der Waals surface area contributed by atoms with Gasteiger partial charge in [-0.05, 0) is 24.3 Å². The maximum Gasteiger partial charge on any atom is 0.259 e. The molecule has 2 N–H and O–H groups in total. The van der Waals surface area contributed by atoms with E-state index in [1.54, 1.807) is 18.2 Å². The topological polar surface area (TPSA) is 100 Å². The smallest absolute Gasteiger partial charge is 0.259 e. The third kappa shape index (κ3) is 2.06. The number of phenols is 1. The summed E-state index contributed by atoms with van der Waals surface area (Å²) in [4.78, 5) is 25.9. The van der Waals surface area contributed by atoms with Gasteiger partial charge in [0, 0.05) is 46.2 Å². The van der Waals surface area contributed by atoms with E-state index in [0.717, 1.165) is 32.8 Å². The number of aromatic nitrogens is 2. The number of aromatic hydroxyl groups is 1. The van der Waals surface area contributed by atoms with Crippen molar-refractivity contribution in [3.8, 4) is 11.8 Å². The van der Waals surface area contributed by atoms with Crippen molar-refractivity contribution in [2.24, 2.45) is 7.05 Å². The molecule has 2 aromatic heterocycles. The van der Waals surface area contributed by atoms with E-state index in [0.29, 0.717) is 34.9 Å². The summed E-state index contributed by atoms with van der Waals surface area (Å²) in [6, 6.07) is 15.0. The minimum absolute atomic E-state index is 0.0867. The summed E-state index contributed by atoms with van der Waals surface area (Å²) < 4.78 is 4.05. The van der Waals surface area contributed by atoms with Crippen molar-refractivity contribution in [3.63, 3.8) is 0 Å². The van der Waals surface area contributed by atoms with Crippen LogP contribution in [0.15, 0.2) is 42.5 Å². The van der Waals surface area contributed by atoms with Gasteiger partial charge in [-0.2, -0.15) is 5.26 Å². The summed E-state index contributed by atoms with van der Waals surface area (Å²) >= 11 is 0. The van der Waals surface area contributed by atoms with Crippen LogP contribution in [0, 0.1) is 11.3 Å². The molecule has 0 unspecified atom stereocenters. The number of aryl methyl sites for hydroxylation is 2. The number of carbonyl (C=O) groups excluding carboxylic acids is 2. The fourth-order valence-corrected chi connectivity index (χ4v) is 5.09. The number of benzene rings is 3. The molecule has 2 amide bonds. The lowest BCUT2D eigenvalue weighted by Gasteiger charge is -2.09. The monoisotopic (exact) mass is 408 g/mol. The average molecular weight is 408 g/mol. The van der Waals surface area contributed by atoms with Crippen LogP contribution in [0.1, 0.15) is 27.1 Å². The van der Waals surface area contributed by atoms with Gasteiger partial charge in [0.25, 0.3) is 11.8 Å². The highest BCUT2D eigenvalue weighted by molar-refractivity contribution is 6.39. The lowest BCUT2D eigenvalue weighted by atomic mass is 9.96. The Morgan fingerprint density at radius 3 is 2.42 bits per heavy atom. The molecule has 0 spiro atoms. The van der Waals surface area contributed by atoms with Gasteiger partial charge in [-0.1, -0.05) is 18.2 Å². The normalized spacial score (nSPS) is 13.4. The molecule has 3 heterocycles. The Morgan fingerprint density at radius 1 is 0.968 bits per heavy atom. The van der Waals surface area contributed by atoms with Crippen LogP contribution in [0.25, 0.3) is 43.6 Å². The zero-order valence-corrected chi connectivity index (χ0v) is 16.6. The van der Waals surface area contributed by atoms with E-state index in [-0.39, 0.29) is 5.75 Å². The SMILES string of the molecule is Cn1c2ccc(O)cc2c2c3c(c4c5ccccc5n(CCC#N)c4c21)C(=O)NC3=O. The number of carbonyl (C=O) groups is 2. The Hall–Kier alpha value is -4.31. The molecule has 0 fully saturated rings. The Labute approximate surface area is 175 Å². The van der Waals surface area contributed by atoms with Gasteiger partial charge in [0.15, 0.2) is 0 Å². The number of amides is 2. The molecule has 3 aromatic carbocycles. The lowest BCUT2D eigenvalue weighted by molar-refractivity contribution is 0.0880. The average Bonchev–Trinajstić information content (AvgIpc) is 3.34. The number of nitrogens with zero attached hydrogens (tertiary/aromatic N) is 3. The number of hydrogen-bond acceptors (Lipinski definition) is 4. The number of hydrogen-bond donors (Lipinski definition) is 2. The molecular weight excluding hydrogens is 392 g/mol. The van der Waals surface area contributed by atoms with E-state index in [1.807, 2.05) is 35.9 Å². The Bertz CT molecular complexity index is 1680. The highest BCUT2D eigenvalue weighted by Crippen LogP contribution is 2.45. The highest BCUT2D eigenvalue weighted by atomic mass is 16.3. The molecule has 7 nitrogen and oxygen atoms in total. The summed E-state index contributed by atoms with van der Waals surface area (Å²) in [5.74, 6) is -0.771. The summed E-state index contributed by atoms with van der Waals surface area (Å²) in [6.07, 6.45) is 0.308. The quantitative estimate of drug-likeness (QED) is 0.432. The zero-order chi connectivity index (χ0) is 21.4. The molecule has 150 valence electrons. The second kappa shape index (κ2) is 5.86.